The van der Waals surface area contributed by atoms with E-state index in [1.54, 1.807) is 0 Å². The number of carbonyl (C=O) groups excluding carboxylic acids is 1. The van der Waals surface area contributed by atoms with Gasteiger partial charge in [0, 0.05) is 6.04 Å². The Hall–Kier alpha value is -1.00. The van der Waals surface area contributed by atoms with Gasteiger partial charge in [-0.1, -0.05) is 30.3 Å². The first-order valence-electron chi connectivity index (χ1n) is 6.93. The molecule has 0 radical (unpaired) electrons. The van der Waals surface area contributed by atoms with Gasteiger partial charge in [-0.25, -0.2) is 0 Å². The zero-order valence-corrected chi connectivity index (χ0v) is 12.0. The maximum atomic E-state index is 12.0. The highest BCUT2D eigenvalue weighted by Crippen LogP contribution is 2.17. The molecule has 0 spiro atoms. The van der Waals surface area contributed by atoms with E-state index in [2.05, 4.69) is 17.4 Å². The molecule has 1 aromatic carbocycles. The van der Waals surface area contributed by atoms with Crippen molar-refractivity contribution in [3.05, 3.63) is 35.9 Å². The first-order valence-corrected chi connectivity index (χ1v) is 8.09. The predicted molar refractivity (Wildman–Crippen MR) is 81.2 cm³/mol. The van der Waals surface area contributed by atoms with Crippen molar-refractivity contribution in [1.29, 1.82) is 0 Å². The molecule has 0 aromatic heterocycles. The van der Waals surface area contributed by atoms with Gasteiger partial charge in [-0.05, 0) is 42.8 Å². The predicted octanol–water partition coefficient (Wildman–Crippen LogP) is 1.96. The van der Waals surface area contributed by atoms with Crippen molar-refractivity contribution < 1.29 is 4.79 Å². The third-order valence-corrected chi connectivity index (χ3v) is 4.54. The molecular weight excluding hydrogens is 256 g/mol. The molecule has 4 heteroatoms. The highest BCUT2D eigenvalue weighted by Gasteiger charge is 2.19. The molecule has 1 atom stereocenters. The SMILES string of the molecule is N[C@@H](CCc1ccccc1)C(=O)NC1CCSCC1. The summed E-state index contributed by atoms with van der Waals surface area (Å²) in [7, 11) is 0. The summed E-state index contributed by atoms with van der Waals surface area (Å²) in [6.07, 6.45) is 3.71. The van der Waals surface area contributed by atoms with Crippen LogP contribution in [0.15, 0.2) is 30.3 Å². The fourth-order valence-corrected chi connectivity index (χ4v) is 3.35. The lowest BCUT2D eigenvalue weighted by Gasteiger charge is -2.24. The number of rotatable bonds is 5. The third-order valence-electron chi connectivity index (χ3n) is 3.49. The van der Waals surface area contributed by atoms with Crippen LogP contribution in [0.2, 0.25) is 0 Å². The molecule has 1 aliphatic heterocycles. The first kappa shape index (κ1) is 14.4. The Labute approximate surface area is 119 Å². The lowest BCUT2D eigenvalue weighted by Crippen LogP contribution is -2.46. The van der Waals surface area contributed by atoms with E-state index in [0.29, 0.717) is 12.5 Å². The molecule has 0 aliphatic carbocycles. The third kappa shape index (κ3) is 4.88. The van der Waals surface area contributed by atoms with E-state index in [-0.39, 0.29) is 5.91 Å². The fraction of sp³-hybridized carbons (Fsp3) is 0.533. The Morgan fingerprint density at radius 1 is 1.32 bits per heavy atom. The summed E-state index contributed by atoms with van der Waals surface area (Å²) in [6.45, 7) is 0. The molecule has 3 N–H and O–H groups in total. The lowest BCUT2D eigenvalue weighted by atomic mass is 10.0. The summed E-state index contributed by atoms with van der Waals surface area (Å²) >= 11 is 1.96. The van der Waals surface area contributed by atoms with Crippen molar-refractivity contribution >= 4 is 17.7 Å². The second-order valence-corrected chi connectivity index (χ2v) is 6.25. The van der Waals surface area contributed by atoms with Gasteiger partial charge in [-0.15, -0.1) is 0 Å². The normalized spacial score (nSPS) is 17.9. The first-order chi connectivity index (χ1) is 9.25. The van der Waals surface area contributed by atoms with Gasteiger partial charge in [-0.2, -0.15) is 11.8 Å². The standard InChI is InChI=1S/C15H22N2OS/c16-14(7-6-12-4-2-1-3-5-12)15(18)17-13-8-10-19-11-9-13/h1-5,13-14H,6-11,16H2,(H,17,18)/t14-/m0/s1. The monoisotopic (exact) mass is 278 g/mol. The van der Waals surface area contributed by atoms with Crippen molar-refractivity contribution in [2.45, 2.75) is 37.8 Å². The minimum Gasteiger partial charge on any atom is -0.352 e. The van der Waals surface area contributed by atoms with Crippen molar-refractivity contribution in [2.75, 3.05) is 11.5 Å². The topological polar surface area (TPSA) is 55.1 Å². The molecule has 0 unspecified atom stereocenters. The van der Waals surface area contributed by atoms with Crippen LogP contribution in [0.4, 0.5) is 0 Å². The maximum absolute atomic E-state index is 12.0. The summed E-state index contributed by atoms with van der Waals surface area (Å²) in [6, 6.07) is 10.1. The molecule has 1 aliphatic rings. The summed E-state index contributed by atoms with van der Waals surface area (Å²) in [5, 5.41) is 3.08. The molecule has 1 heterocycles. The Bertz CT molecular complexity index is 390. The molecule has 0 saturated carbocycles. The van der Waals surface area contributed by atoms with Crippen molar-refractivity contribution in [3.8, 4) is 0 Å². The van der Waals surface area contributed by atoms with Crippen LogP contribution in [0.5, 0.6) is 0 Å². The van der Waals surface area contributed by atoms with Crippen LogP contribution in [-0.4, -0.2) is 29.5 Å². The van der Waals surface area contributed by atoms with Crippen molar-refractivity contribution in [3.63, 3.8) is 0 Å². The molecule has 1 aromatic rings. The Balaban J connectivity index is 1.72. The van der Waals surface area contributed by atoms with Gasteiger partial charge < -0.3 is 11.1 Å². The zero-order valence-electron chi connectivity index (χ0n) is 11.2. The van der Waals surface area contributed by atoms with E-state index in [1.807, 2.05) is 30.0 Å². The minimum atomic E-state index is -0.394. The number of thioether (sulfide) groups is 1. The van der Waals surface area contributed by atoms with Crippen LogP contribution in [-0.2, 0) is 11.2 Å². The van der Waals surface area contributed by atoms with E-state index in [4.69, 9.17) is 5.73 Å². The van der Waals surface area contributed by atoms with Gasteiger partial charge in [0.05, 0.1) is 6.04 Å². The van der Waals surface area contributed by atoms with Crippen LogP contribution >= 0.6 is 11.8 Å². The number of hydrogen-bond donors (Lipinski definition) is 2. The van der Waals surface area contributed by atoms with Gasteiger partial charge in [0.15, 0.2) is 0 Å². The second kappa shape index (κ2) is 7.56. The van der Waals surface area contributed by atoms with Gasteiger partial charge in [0.25, 0.3) is 0 Å². The van der Waals surface area contributed by atoms with Gasteiger partial charge in [0.1, 0.15) is 0 Å². The average Bonchev–Trinajstić information content (AvgIpc) is 2.47. The molecule has 1 amide bonds. The largest absolute Gasteiger partial charge is 0.352 e. The summed E-state index contributed by atoms with van der Waals surface area (Å²) < 4.78 is 0. The highest BCUT2D eigenvalue weighted by atomic mass is 32.2. The quantitative estimate of drug-likeness (QED) is 0.865. The molecule has 3 nitrogen and oxygen atoms in total. The molecule has 0 bridgehead atoms. The second-order valence-electron chi connectivity index (χ2n) is 5.03. The van der Waals surface area contributed by atoms with Crippen LogP contribution in [0.3, 0.4) is 0 Å². The van der Waals surface area contributed by atoms with E-state index >= 15 is 0 Å². The van der Waals surface area contributed by atoms with Crippen LogP contribution < -0.4 is 11.1 Å². The highest BCUT2D eigenvalue weighted by molar-refractivity contribution is 7.99. The van der Waals surface area contributed by atoms with Gasteiger partial charge >= 0.3 is 0 Å². The van der Waals surface area contributed by atoms with Gasteiger partial charge in [0.2, 0.25) is 5.91 Å². The van der Waals surface area contributed by atoms with Crippen LogP contribution in [0.1, 0.15) is 24.8 Å². The summed E-state index contributed by atoms with van der Waals surface area (Å²) in [4.78, 5) is 12.0. The van der Waals surface area contributed by atoms with Crippen LogP contribution in [0.25, 0.3) is 0 Å². The Morgan fingerprint density at radius 3 is 2.68 bits per heavy atom. The molecule has 2 rings (SSSR count). The van der Waals surface area contributed by atoms with Crippen LogP contribution in [0, 0.1) is 0 Å². The van der Waals surface area contributed by atoms with Crippen molar-refractivity contribution in [2.24, 2.45) is 5.73 Å². The van der Waals surface area contributed by atoms with E-state index < -0.39 is 6.04 Å². The fourth-order valence-electron chi connectivity index (χ4n) is 2.25. The molecule has 19 heavy (non-hydrogen) atoms. The van der Waals surface area contributed by atoms with E-state index in [0.717, 1.165) is 30.8 Å². The van der Waals surface area contributed by atoms with E-state index in [1.165, 1.54) is 5.56 Å². The van der Waals surface area contributed by atoms with Gasteiger partial charge in [-0.3, -0.25) is 4.79 Å². The average molecular weight is 278 g/mol. The Morgan fingerprint density at radius 2 is 2.00 bits per heavy atom. The summed E-state index contributed by atoms with van der Waals surface area (Å²) in [5.74, 6) is 2.29. The number of amides is 1. The number of nitrogens with one attached hydrogen (secondary N) is 1. The molecule has 1 saturated heterocycles. The van der Waals surface area contributed by atoms with Crippen molar-refractivity contribution in [1.82, 2.24) is 5.32 Å². The molecule has 1 fully saturated rings. The molecule has 104 valence electrons. The molecular formula is C15H22N2OS. The number of nitrogens with two attached hydrogens (primary N) is 1. The number of carbonyl (C=O) groups is 1. The summed E-state index contributed by atoms with van der Waals surface area (Å²) in [5.41, 5.74) is 7.20. The zero-order chi connectivity index (χ0) is 13.5. The number of aryl methyl sites for hydroxylation is 1. The number of benzene rings is 1. The van der Waals surface area contributed by atoms with E-state index in [9.17, 15) is 4.79 Å². The lowest BCUT2D eigenvalue weighted by molar-refractivity contribution is -0.123. The Kier molecular flexibility index (Phi) is 5.73. The maximum Gasteiger partial charge on any atom is 0.237 e. The smallest absolute Gasteiger partial charge is 0.237 e. The minimum absolute atomic E-state index is 0.00725. The number of hydrogen-bond acceptors (Lipinski definition) is 3.